The van der Waals surface area contributed by atoms with E-state index in [1.54, 1.807) is 6.92 Å². The molecule has 3 N–H and O–H groups in total. The van der Waals surface area contributed by atoms with Crippen molar-refractivity contribution in [1.82, 2.24) is 10.2 Å². The van der Waals surface area contributed by atoms with Crippen LogP contribution in [0, 0.1) is 0 Å². The summed E-state index contributed by atoms with van der Waals surface area (Å²) in [7, 11) is 0. The molecule has 1 aromatic carbocycles. The summed E-state index contributed by atoms with van der Waals surface area (Å²) in [6.07, 6.45) is 3.65. The lowest BCUT2D eigenvalue weighted by Crippen LogP contribution is -2.48. The number of benzene rings is 1. The number of nitrogens with zero attached hydrogens (tertiary/aromatic N) is 2. The monoisotopic (exact) mass is 330 g/mol. The first kappa shape index (κ1) is 16.6. The lowest BCUT2D eigenvalue weighted by atomic mass is 10.00. The van der Waals surface area contributed by atoms with Crippen LogP contribution in [0.2, 0.25) is 0 Å². The molecule has 2 heterocycles. The first-order valence-electron chi connectivity index (χ1n) is 8.72. The van der Waals surface area contributed by atoms with Crippen molar-refractivity contribution in [3.8, 4) is 0 Å². The Bertz CT molecular complexity index is 623. The van der Waals surface area contributed by atoms with Crippen molar-refractivity contribution < 1.29 is 9.59 Å². The van der Waals surface area contributed by atoms with Gasteiger partial charge in [0.25, 0.3) is 0 Å². The van der Waals surface area contributed by atoms with Crippen LogP contribution in [0.4, 0.5) is 11.4 Å². The highest BCUT2D eigenvalue weighted by Crippen LogP contribution is 2.30. The molecule has 6 heteroatoms. The maximum absolute atomic E-state index is 12.4. The van der Waals surface area contributed by atoms with Gasteiger partial charge in [0.15, 0.2) is 0 Å². The summed E-state index contributed by atoms with van der Waals surface area (Å²) < 4.78 is 0. The zero-order valence-corrected chi connectivity index (χ0v) is 14.3. The van der Waals surface area contributed by atoms with Gasteiger partial charge in [-0.25, -0.2) is 0 Å². The number of fused-ring (bicyclic) bond motifs is 1. The van der Waals surface area contributed by atoms with E-state index in [1.807, 2.05) is 23.1 Å². The topological polar surface area (TPSA) is 78.7 Å². The van der Waals surface area contributed by atoms with E-state index in [0.717, 1.165) is 62.3 Å². The zero-order chi connectivity index (χ0) is 17.1. The van der Waals surface area contributed by atoms with Gasteiger partial charge in [-0.1, -0.05) is 6.07 Å². The first-order valence-corrected chi connectivity index (χ1v) is 8.72. The summed E-state index contributed by atoms with van der Waals surface area (Å²) in [6, 6.07) is 6.08. The minimum absolute atomic E-state index is 0.0477. The van der Waals surface area contributed by atoms with E-state index in [0.29, 0.717) is 6.54 Å². The van der Waals surface area contributed by atoms with Gasteiger partial charge < -0.3 is 20.9 Å². The van der Waals surface area contributed by atoms with Crippen LogP contribution in [0.3, 0.4) is 0 Å². The normalized spacial score (nSPS) is 18.2. The first-order chi connectivity index (χ1) is 11.5. The molecule has 1 saturated heterocycles. The highest BCUT2D eigenvalue weighted by molar-refractivity contribution is 5.83. The molecule has 3 rings (SSSR count). The van der Waals surface area contributed by atoms with Crippen LogP contribution < -0.4 is 16.0 Å². The second kappa shape index (κ2) is 7.11. The number of hydrogen-bond acceptors (Lipinski definition) is 4. The third kappa shape index (κ3) is 3.63. The molecule has 6 nitrogen and oxygen atoms in total. The third-order valence-electron chi connectivity index (χ3n) is 5.02. The Kier molecular flexibility index (Phi) is 4.92. The molecular weight excluding hydrogens is 304 g/mol. The standard InChI is InChI=1S/C18H26N4O2/c1-13(23)21-10-7-14(8-11-21)20-18(24)12-22-9-3-4-15-16(19)5-2-6-17(15)22/h2,5-6,14H,3-4,7-12,19H2,1H3,(H,20,24). The summed E-state index contributed by atoms with van der Waals surface area (Å²) >= 11 is 0. The van der Waals surface area contributed by atoms with Gasteiger partial charge in [0, 0.05) is 44.0 Å². The molecule has 130 valence electrons. The molecule has 2 aliphatic heterocycles. The van der Waals surface area contributed by atoms with Crippen LogP contribution >= 0.6 is 0 Å². The molecule has 0 saturated carbocycles. The van der Waals surface area contributed by atoms with Crippen LogP contribution in [0.25, 0.3) is 0 Å². The largest absolute Gasteiger partial charge is 0.398 e. The Morgan fingerprint density at radius 1 is 1.25 bits per heavy atom. The van der Waals surface area contributed by atoms with Gasteiger partial charge in [-0.15, -0.1) is 0 Å². The van der Waals surface area contributed by atoms with Gasteiger partial charge in [0.1, 0.15) is 0 Å². The zero-order valence-electron chi connectivity index (χ0n) is 14.3. The molecule has 0 radical (unpaired) electrons. The molecule has 1 fully saturated rings. The minimum Gasteiger partial charge on any atom is -0.398 e. The Morgan fingerprint density at radius 2 is 2.00 bits per heavy atom. The van der Waals surface area contributed by atoms with Crippen LogP contribution in [-0.2, 0) is 16.0 Å². The number of nitrogens with two attached hydrogens (primary N) is 1. The van der Waals surface area contributed by atoms with Gasteiger partial charge in [-0.2, -0.15) is 0 Å². The molecule has 0 atom stereocenters. The SMILES string of the molecule is CC(=O)N1CCC(NC(=O)CN2CCCc3c(N)cccc32)CC1. The Labute approximate surface area is 143 Å². The van der Waals surface area contributed by atoms with Crippen molar-refractivity contribution in [2.24, 2.45) is 0 Å². The molecule has 0 unspecified atom stereocenters. The molecule has 2 aliphatic rings. The molecule has 2 amide bonds. The second-order valence-electron chi connectivity index (χ2n) is 6.72. The Balaban J connectivity index is 1.55. The van der Waals surface area contributed by atoms with E-state index in [4.69, 9.17) is 5.73 Å². The number of carbonyl (C=O) groups excluding carboxylic acids is 2. The number of nitrogen functional groups attached to an aromatic ring is 1. The van der Waals surface area contributed by atoms with Crippen LogP contribution in [0.5, 0.6) is 0 Å². The number of carbonyl (C=O) groups is 2. The van der Waals surface area contributed by atoms with Crippen LogP contribution in [0.15, 0.2) is 18.2 Å². The number of anilines is 2. The van der Waals surface area contributed by atoms with Gasteiger partial charge in [-0.3, -0.25) is 9.59 Å². The smallest absolute Gasteiger partial charge is 0.239 e. The fourth-order valence-corrected chi connectivity index (χ4v) is 3.68. The maximum Gasteiger partial charge on any atom is 0.239 e. The Morgan fingerprint density at radius 3 is 2.71 bits per heavy atom. The van der Waals surface area contributed by atoms with Gasteiger partial charge >= 0.3 is 0 Å². The highest BCUT2D eigenvalue weighted by atomic mass is 16.2. The molecule has 24 heavy (non-hydrogen) atoms. The minimum atomic E-state index is 0.0477. The summed E-state index contributed by atoms with van der Waals surface area (Å²) in [5, 5.41) is 3.12. The summed E-state index contributed by atoms with van der Waals surface area (Å²) in [4.78, 5) is 27.7. The van der Waals surface area contributed by atoms with Crippen LogP contribution in [0.1, 0.15) is 31.7 Å². The average molecular weight is 330 g/mol. The summed E-state index contributed by atoms with van der Waals surface area (Å²) in [6.45, 7) is 4.29. The molecule has 0 spiro atoms. The number of amides is 2. The number of likely N-dealkylation sites (tertiary alicyclic amines) is 1. The van der Waals surface area contributed by atoms with E-state index in [9.17, 15) is 9.59 Å². The number of nitrogens with one attached hydrogen (secondary N) is 1. The fourth-order valence-electron chi connectivity index (χ4n) is 3.68. The van der Waals surface area contributed by atoms with Crippen molar-refractivity contribution in [2.45, 2.75) is 38.6 Å². The third-order valence-corrected chi connectivity index (χ3v) is 5.02. The molecule has 1 aromatic rings. The summed E-state index contributed by atoms with van der Waals surface area (Å²) in [5.41, 5.74) is 9.12. The van der Waals surface area contributed by atoms with E-state index in [1.165, 1.54) is 0 Å². The second-order valence-corrected chi connectivity index (χ2v) is 6.72. The number of rotatable bonds is 3. The van der Waals surface area contributed by atoms with E-state index in [-0.39, 0.29) is 17.9 Å². The van der Waals surface area contributed by atoms with E-state index >= 15 is 0 Å². The number of piperidine rings is 1. The Hall–Kier alpha value is -2.24. The van der Waals surface area contributed by atoms with Gasteiger partial charge in [-0.05, 0) is 43.4 Å². The highest BCUT2D eigenvalue weighted by Gasteiger charge is 2.24. The molecule has 0 bridgehead atoms. The predicted octanol–water partition coefficient (Wildman–Crippen LogP) is 1.15. The van der Waals surface area contributed by atoms with Crippen molar-refractivity contribution in [3.05, 3.63) is 23.8 Å². The van der Waals surface area contributed by atoms with Crippen molar-refractivity contribution >= 4 is 23.2 Å². The molecule has 0 aromatic heterocycles. The van der Waals surface area contributed by atoms with Crippen molar-refractivity contribution in [1.29, 1.82) is 0 Å². The van der Waals surface area contributed by atoms with E-state index < -0.39 is 0 Å². The lowest BCUT2D eigenvalue weighted by Gasteiger charge is -2.34. The molecule has 0 aliphatic carbocycles. The van der Waals surface area contributed by atoms with E-state index in [2.05, 4.69) is 10.2 Å². The van der Waals surface area contributed by atoms with Crippen LogP contribution in [-0.4, -0.2) is 48.9 Å². The molecular formula is C18H26N4O2. The van der Waals surface area contributed by atoms with Crippen molar-refractivity contribution in [3.63, 3.8) is 0 Å². The lowest BCUT2D eigenvalue weighted by molar-refractivity contribution is -0.130. The predicted molar refractivity (Wildman–Crippen MR) is 94.8 cm³/mol. The van der Waals surface area contributed by atoms with Gasteiger partial charge in [0.05, 0.1) is 6.54 Å². The van der Waals surface area contributed by atoms with Crippen molar-refractivity contribution in [2.75, 3.05) is 36.8 Å². The fraction of sp³-hybridized carbons (Fsp3) is 0.556. The number of hydrogen-bond donors (Lipinski definition) is 2. The summed E-state index contributed by atoms with van der Waals surface area (Å²) in [5.74, 6) is 0.161. The van der Waals surface area contributed by atoms with Gasteiger partial charge in [0.2, 0.25) is 11.8 Å². The quantitative estimate of drug-likeness (QED) is 0.815. The average Bonchev–Trinajstić information content (AvgIpc) is 2.56. The maximum atomic E-state index is 12.4.